The zero-order valence-corrected chi connectivity index (χ0v) is 12.6. The van der Waals surface area contributed by atoms with Gasteiger partial charge >= 0.3 is 5.97 Å². The predicted molar refractivity (Wildman–Crippen MR) is 78.1 cm³/mol. The van der Waals surface area contributed by atoms with Gasteiger partial charge < -0.3 is 16.2 Å². The number of nitrogens with two attached hydrogens (primary N) is 1. The molecule has 1 fully saturated rings. The highest BCUT2D eigenvalue weighted by Crippen LogP contribution is 2.36. The van der Waals surface area contributed by atoms with Gasteiger partial charge in [0.25, 0.3) is 5.91 Å². The van der Waals surface area contributed by atoms with Crippen molar-refractivity contribution in [2.45, 2.75) is 45.1 Å². The van der Waals surface area contributed by atoms with Crippen molar-refractivity contribution in [3.8, 4) is 0 Å². The second-order valence-electron chi connectivity index (χ2n) is 5.99. The maximum atomic E-state index is 11.8. The zero-order chi connectivity index (χ0) is 15.8. The normalized spacial score (nSPS) is 25.6. The molecule has 0 radical (unpaired) electrons. The van der Waals surface area contributed by atoms with Gasteiger partial charge in [-0.15, -0.1) is 0 Å². The third-order valence-corrected chi connectivity index (χ3v) is 4.36. The largest absolute Gasteiger partial charge is 0.480 e. The van der Waals surface area contributed by atoms with Gasteiger partial charge in [-0.3, -0.25) is 9.48 Å². The third kappa shape index (κ3) is 2.72. The fourth-order valence-corrected chi connectivity index (χ4v) is 2.97. The molecule has 1 aliphatic carbocycles. The first-order chi connectivity index (χ1) is 9.77. The number of carboxylic acid groups (broad SMARTS) is 1. The van der Waals surface area contributed by atoms with Crippen molar-refractivity contribution in [1.82, 2.24) is 9.78 Å². The fourth-order valence-electron chi connectivity index (χ4n) is 2.97. The molecule has 21 heavy (non-hydrogen) atoms. The summed E-state index contributed by atoms with van der Waals surface area (Å²) < 4.78 is 1.48. The Bertz CT molecular complexity index is 571. The summed E-state index contributed by atoms with van der Waals surface area (Å²) in [5.74, 6) is -0.600. The Kier molecular flexibility index (Phi) is 3.93. The minimum atomic E-state index is -1.06. The first kappa shape index (κ1) is 15.3. The Labute approximate surface area is 123 Å². The van der Waals surface area contributed by atoms with E-state index in [1.165, 1.54) is 4.68 Å². The van der Waals surface area contributed by atoms with E-state index in [0.29, 0.717) is 30.3 Å². The molecule has 4 N–H and O–H groups in total. The highest BCUT2D eigenvalue weighted by atomic mass is 16.4. The minimum absolute atomic E-state index is 0.261. The lowest BCUT2D eigenvalue weighted by Gasteiger charge is -2.37. The van der Waals surface area contributed by atoms with Crippen LogP contribution >= 0.6 is 0 Å². The van der Waals surface area contributed by atoms with E-state index in [4.69, 9.17) is 5.73 Å². The van der Waals surface area contributed by atoms with Crippen LogP contribution in [0.15, 0.2) is 0 Å². The number of nitrogens with one attached hydrogen (secondary N) is 1. The van der Waals surface area contributed by atoms with Crippen LogP contribution in [0, 0.1) is 12.8 Å². The topological polar surface area (TPSA) is 110 Å². The number of aromatic nitrogens is 2. The Morgan fingerprint density at radius 3 is 2.48 bits per heavy atom. The van der Waals surface area contributed by atoms with Crippen LogP contribution in [0.2, 0.25) is 0 Å². The van der Waals surface area contributed by atoms with Crippen molar-refractivity contribution >= 4 is 17.7 Å². The van der Waals surface area contributed by atoms with E-state index in [1.807, 2.05) is 0 Å². The summed E-state index contributed by atoms with van der Waals surface area (Å²) in [5.41, 5.74) is 5.10. The van der Waals surface area contributed by atoms with Crippen LogP contribution in [-0.2, 0) is 11.8 Å². The second-order valence-corrected chi connectivity index (χ2v) is 5.99. The Balaban J connectivity index is 2.39. The van der Waals surface area contributed by atoms with Crippen molar-refractivity contribution in [1.29, 1.82) is 0 Å². The molecule has 1 aliphatic rings. The summed E-state index contributed by atoms with van der Waals surface area (Å²) in [5, 5.41) is 16.9. The number of carboxylic acids is 1. The van der Waals surface area contributed by atoms with Crippen LogP contribution in [0.1, 0.15) is 48.7 Å². The van der Waals surface area contributed by atoms with Gasteiger partial charge in [0.1, 0.15) is 16.9 Å². The molecule has 1 heterocycles. The molecule has 0 atom stereocenters. The van der Waals surface area contributed by atoms with Crippen LogP contribution in [0.25, 0.3) is 0 Å². The van der Waals surface area contributed by atoms with Gasteiger partial charge in [0, 0.05) is 7.05 Å². The molecule has 7 nitrogen and oxygen atoms in total. The van der Waals surface area contributed by atoms with E-state index < -0.39 is 17.4 Å². The van der Waals surface area contributed by atoms with E-state index in [1.54, 1.807) is 14.0 Å². The molecular weight excluding hydrogens is 272 g/mol. The van der Waals surface area contributed by atoms with E-state index in [-0.39, 0.29) is 5.56 Å². The van der Waals surface area contributed by atoms with Gasteiger partial charge in [-0.1, -0.05) is 6.92 Å². The molecule has 2 rings (SSSR count). The van der Waals surface area contributed by atoms with Gasteiger partial charge in [-0.05, 0) is 38.5 Å². The number of hydrogen-bond acceptors (Lipinski definition) is 4. The maximum absolute atomic E-state index is 11.8. The lowest BCUT2D eigenvalue weighted by atomic mass is 9.77. The van der Waals surface area contributed by atoms with Gasteiger partial charge in [0.05, 0.1) is 5.69 Å². The van der Waals surface area contributed by atoms with Gasteiger partial charge in [0.15, 0.2) is 0 Å². The van der Waals surface area contributed by atoms with E-state index in [9.17, 15) is 14.7 Å². The Morgan fingerprint density at radius 1 is 1.43 bits per heavy atom. The van der Waals surface area contributed by atoms with Crippen molar-refractivity contribution in [3.05, 3.63) is 11.3 Å². The number of aliphatic carboxylic acids is 1. The van der Waals surface area contributed by atoms with Crippen molar-refractivity contribution in [2.24, 2.45) is 18.7 Å². The summed E-state index contributed by atoms with van der Waals surface area (Å²) in [6.45, 7) is 3.80. The lowest BCUT2D eigenvalue weighted by molar-refractivity contribution is -0.143. The van der Waals surface area contributed by atoms with Crippen LogP contribution in [0.5, 0.6) is 0 Å². The number of carbonyl (C=O) groups is 2. The molecule has 116 valence electrons. The summed E-state index contributed by atoms with van der Waals surface area (Å²) in [6.07, 6.45) is 2.71. The highest BCUT2D eigenvalue weighted by Gasteiger charge is 2.42. The van der Waals surface area contributed by atoms with Gasteiger partial charge in [-0.25, -0.2) is 4.79 Å². The minimum Gasteiger partial charge on any atom is -0.480 e. The van der Waals surface area contributed by atoms with Crippen LogP contribution in [0.3, 0.4) is 0 Å². The number of primary amides is 1. The molecule has 0 aliphatic heterocycles. The monoisotopic (exact) mass is 294 g/mol. The molecule has 0 saturated heterocycles. The summed E-state index contributed by atoms with van der Waals surface area (Å²) in [4.78, 5) is 23.4. The van der Waals surface area contributed by atoms with Crippen LogP contribution in [-0.4, -0.2) is 32.3 Å². The molecule has 0 bridgehead atoms. The number of aryl methyl sites for hydroxylation is 2. The van der Waals surface area contributed by atoms with E-state index >= 15 is 0 Å². The van der Waals surface area contributed by atoms with Gasteiger partial charge in [0.2, 0.25) is 0 Å². The molecular formula is C14H22N4O3. The molecule has 0 aromatic carbocycles. The van der Waals surface area contributed by atoms with Crippen molar-refractivity contribution < 1.29 is 14.7 Å². The lowest BCUT2D eigenvalue weighted by Crippen LogP contribution is -2.49. The first-order valence-electron chi connectivity index (χ1n) is 7.12. The number of anilines is 1. The second kappa shape index (κ2) is 5.38. The van der Waals surface area contributed by atoms with Crippen LogP contribution in [0.4, 0.5) is 5.82 Å². The number of carbonyl (C=O) groups excluding carboxylic acids is 1. The summed E-state index contributed by atoms with van der Waals surface area (Å²) in [6, 6.07) is 0. The average molecular weight is 294 g/mol. The zero-order valence-electron chi connectivity index (χ0n) is 12.6. The quantitative estimate of drug-likeness (QED) is 0.774. The molecule has 1 aromatic rings. The molecule has 0 unspecified atom stereocenters. The summed E-state index contributed by atoms with van der Waals surface area (Å²) >= 11 is 0. The third-order valence-electron chi connectivity index (χ3n) is 4.36. The molecule has 7 heteroatoms. The smallest absolute Gasteiger partial charge is 0.329 e. The predicted octanol–water partition coefficient (Wildman–Crippen LogP) is 1.27. The highest BCUT2D eigenvalue weighted by molar-refractivity contribution is 5.99. The summed E-state index contributed by atoms with van der Waals surface area (Å²) in [7, 11) is 1.67. The van der Waals surface area contributed by atoms with Crippen molar-refractivity contribution in [2.75, 3.05) is 5.32 Å². The van der Waals surface area contributed by atoms with Crippen molar-refractivity contribution in [3.63, 3.8) is 0 Å². The maximum Gasteiger partial charge on any atom is 0.329 e. The molecule has 1 amide bonds. The number of hydrogen-bond donors (Lipinski definition) is 3. The molecule has 1 saturated carbocycles. The standard InChI is InChI=1S/C14H22N4O3/c1-8-4-6-14(7-5-8,13(20)21)16-12-10(11(15)19)9(2)17-18(12)3/h8,16H,4-7H2,1-3H3,(H2,15,19)(H,20,21). The average Bonchev–Trinajstić information content (AvgIpc) is 2.66. The fraction of sp³-hybridized carbons (Fsp3) is 0.643. The first-order valence-corrected chi connectivity index (χ1v) is 7.12. The van der Waals surface area contributed by atoms with Gasteiger partial charge in [-0.2, -0.15) is 5.10 Å². The number of rotatable bonds is 4. The Hall–Kier alpha value is -2.05. The molecule has 1 aromatic heterocycles. The molecule has 0 spiro atoms. The van der Waals surface area contributed by atoms with E-state index in [0.717, 1.165) is 12.8 Å². The number of nitrogens with zero attached hydrogens (tertiary/aromatic N) is 2. The van der Waals surface area contributed by atoms with E-state index in [2.05, 4.69) is 17.3 Å². The number of amides is 1. The Morgan fingerprint density at radius 2 is 2.00 bits per heavy atom. The SMILES string of the molecule is Cc1nn(C)c(NC2(C(=O)O)CCC(C)CC2)c1C(N)=O. The van der Waals surface area contributed by atoms with Crippen LogP contribution < -0.4 is 11.1 Å².